The van der Waals surface area contributed by atoms with E-state index < -0.39 is 5.91 Å². The average Bonchev–Trinajstić information content (AvgIpc) is 3.12. The predicted molar refractivity (Wildman–Crippen MR) is 114 cm³/mol. The molecule has 1 aromatic heterocycles. The van der Waals surface area contributed by atoms with Crippen molar-refractivity contribution in [3.8, 4) is 5.75 Å². The molecule has 6 heteroatoms. The summed E-state index contributed by atoms with van der Waals surface area (Å²) < 4.78 is 12.2. The van der Waals surface area contributed by atoms with E-state index in [1.54, 1.807) is 12.3 Å². The van der Waals surface area contributed by atoms with E-state index in [1.807, 2.05) is 61.5 Å². The summed E-state index contributed by atoms with van der Waals surface area (Å²) in [6.45, 7) is 2.47. The molecule has 0 unspecified atom stereocenters. The van der Waals surface area contributed by atoms with E-state index >= 15 is 0 Å². The molecule has 0 atom stereocenters. The average molecular weight is 437 g/mol. The van der Waals surface area contributed by atoms with E-state index in [2.05, 4.69) is 26.5 Å². The Balaban J connectivity index is 1.60. The van der Waals surface area contributed by atoms with Gasteiger partial charge in [0.2, 0.25) is 0 Å². The first-order chi connectivity index (χ1) is 13.7. The highest BCUT2D eigenvalue weighted by molar-refractivity contribution is 9.10. The molecule has 5 nitrogen and oxygen atoms in total. The van der Waals surface area contributed by atoms with E-state index in [9.17, 15) is 4.79 Å². The molecular formula is C22H17BrN2O3. The third-order valence-corrected chi connectivity index (χ3v) is 4.79. The highest BCUT2D eigenvalue weighted by atomic mass is 79.9. The Labute approximate surface area is 170 Å². The number of fused-ring (bicyclic) bond motifs is 2. The largest absolute Gasteiger partial charge is 0.493 e. The minimum absolute atomic E-state index is 0.202. The Morgan fingerprint density at radius 3 is 2.86 bits per heavy atom. The van der Waals surface area contributed by atoms with Crippen molar-refractivity contribution >= 4 is 49.8 Å². The number of rotatable bonds is 5. The third kappa shape index (κ3) is 3.64. The van der Waals surface area contributed by atoms with Crippen molar-refractivity contribution in [1.29, 1.82) is 0 Å². The Morgan fingerprint density at radius 2 is 2.00 bits per heavy atom. The van der Waals surface area contributed by atoms with E-state index in [1.165, 1.54) is 0 Å². The second-order valence-corrected chi connectivity index (χ2v) is 7.04. The van der Waals surface area contributed by atoms with Crippen LogP contribution in [0.3, 0.4) is 0 Å². The fraction of sp³-hybridized carbons (Fsp3) is 0.0909. The quantitative estimate of drug-likeness (QED) is 0.331. The molecule has 4 rings (SSSR count). The number of nitrogens with one attached hydrogen (secondary N) is 1. The molecule has 1 N–H and O–H groups in total. The lowest BCUT2D eigenvalue weighted by Crippen LogP contribution is -2.16. The van der Waals surface area contributed by atoms with Gasteiger partial charge in [0.25, 0.3) is 0 Å². The lowest BCUT2D eigenvalue weighted by Gasteiger charge is -2.10. The van der Waals surface area contributed by atoms with Crippen LogP contribution >= 0.6 is 15.9 Å². The second kappa shape index (κ2) is 7.86. The predicted octanol–water partition coefficient (Wildman–Crippen LogP) is 5.51. The summed E-state index contributed by atoms with van der Waals surface area (Å²) >= 11 is 3.41. The van der Waals surface area contributed by atoms with Crippen molar-refractivity contribution in [3.05, 3.63) is 76.5 Å². The van der Waals surface area contributed by atoms with Crippen molar-refractivity contribution in [2.24, 2.45) is 5.10 Å². The summed E-state index contributed by atoms with van der Waals surface area (Å²) in [7, 11) is 0. The van der Waals surface area contributed by atoms with Gasteiger partial charge in [0.1, 0.15) is 11.3 Å². The number of carbonyl (C=O) groups is 1. The summed E-state index contributed by atoms with van der Waals surface area (Å²) in [6, 6.07) is 19.1. The van der Waals surface area contributed by atoms with Gasteiger partial charge in [-0.2, -0.15) is 5.10 Å². The Morgan fingerprint density at radius 1 is 1.14 bits per heavy atom. The first-order valence-corrected chi connectivity index (χ1v) is 9.62. The number of halogens is 1. The van der Waals surface area contributed by atoms with Crippen LogP contribution in [0.5, 0.6) is 5.75 Å². The van der Waals surface area contributed by atoms with Crippen LogP contribution in [0.15, 0.2) is 74.7 Å². The van der Waals surface area contributed by atoms with Gasteiger partial charge in [0.15, 0.2) is 5.76 Å². The molecular weight excluding hydrogens is 420 g/mol. The molecule has 3 aromatic carbocycles. The fourth-order valence-corrected chi connectivity index (χ4v) is 3.41. The maximum atomic E-state index is 12.4. The summed E-state index contributed by atoms with van der Waals surface area (Å²) in [5.74, 6) is 0.503. The van der Waals surface area contributed by atoms with E-state index in [4.69, 9.17) is 9.15 Å². The monoisotopic (exact) mass is 436 g/mol. The van der Waals surface area contributed by atoms with Crippen LogP contribution in [0.4, 0.5) is 0 Å². The SMILES string of the molecule is CCOc1ccc2ccccc2c1/C=N/NC(=O)c1cc2cc(Br)ccc2o1. The molecule has 0 aliphatic heterocycles. The summed E-state index contributed by atoms with van der Waals surface area (Å²) in [5, 5.41) is 7.04. The Bertz CT molecular complexity index is 1200. The fourth-order valence-electron chi connectivity index (χ4n) is 3.03. The molecule has 1 amide bonds. The molecule has 0 saturated carbocycles. The first-order valence-electron chi connectivity index (χ1n) is 8.83. The van der Waals surface area contributed by atoms with Gasteiger partial charge in [-0.25, -0.2) is 5.43 Å². The molecule has 0 fully saturated rings. The second-order valence-electron chi connectivity index (χ2n) is 6.12. The maximum absolute atomic E-state index is 12.4. The summed E-state index contributed by atoms with van der Waals surface area (Å²) in [4.78, 5) is 12.4. The van der Waals surface area contributed by atoms with Crippen molar-refractivity contribution in [2.45, 2.75) is 6.92 Å². The zero-order valence-corrected chi connectivity index (χ0v) is 16.7. The van der Waals surface area contributed by atoms with Gasteiger partial charge in [0, 0.05) is 15.4 Å². The van der Waals surface area contributed by atoms with Crippen LogP contribution in [0, 0.1) is 0 Å². The topological polar surface area (TPSA) is 63.8 Å². The number of hydrogen-bond acceptors (Lipinski definition) is 4. The highest BCUT2D eigenvalue weighted by Gasteiger charge is 2.12. The van der Waals surface area contributed by atoms with Crippen molar-refractivity contribution in [3.63, 3.8) is 0 Å². The van der Waals surface area contributed by atoms with Crippen molar-refractivity contribution in [1.82, 2.24) is 5.43 Å². The number of carbonyl (C=O) groups excluding carboxylic acids is 1. The minimum atomic E-state index is -0.415. The number of ether oxygens (including phenoxy) is 1. The minimum Gasteiger partial charge on any atom is -0.493 e. The number of hydrogen-bond donors (Lipinski definition) is 1. The zero-order valence-electron chi connectivity index (χ0n) is 15.1. The molecule has 140 valence electrons. The van der Waals surface area contributed by atoms with Gasteiger partial charge in [0.05, 0.1) is 12.8 Å². The first kappa shape index (κ1) is 18.3. The van der Waals surface area contributed by atoms with Crippen LogP contribution in [0.1, 0.15) is 23.0 Å². The van der Waals surface area contributed by atoms with Crippen LogP contribution in [0.2, 0.25) is 0 Å². The normalized spacial score (nSPS) is 11.4. The standard InChI is InChI=1S/C22H17BrN2O3/c1-2-27-20-9-7-14-5-3-4-6-17(14)18(20)13-24-25-22(26)21-12-15-11-16(23)8-10-19(15)28-21/h3-13H,2H2,1H3,(H,25,26)/b24-13+. The zero-order chi connectivity index (χ0) is 19.5. The molecule has 0 bridgehead atoms. The van der Waals surface area contributed by atoms with Gasteiger partial charge < -0.3 is 9.15 Å². The van der Waals surface area contributed by atoms with E-state index in [0.29, 0.717) is 17.9 Å². The van der Waals surface area contributed by atoms with Crippen LogP contribution in [-0.2, 0) is 0 Å². The molecule has 0 saturated heterocycles. The van der Waals surface area contributed by atoms with Crippen molar-refractivity contribution in [2.75, 3.05) is 6.61 Å². The van der Waals surface area contributed by atoms with Crippen molar-refractivity contribution < 1.29 is 13.9 Å². The van der Waals surface area contributed by atoms with E-state index in [0.717, 1.165) is 26.2 Å². The molecule has 0 aliphatic carbocycles. The lowest BCUT2D eigenvalue weighted by molar-refractivity contribution is 0.0929. The number of hydrazone groups is 1. The molecule has 0 aliphatic rings. The van der Waals surface area contributed by atoms with Gasteiger partial charge >= 0.3 is 5.91 Å². The third-order valence-electron chi connectivity index (χ3n) is 4.29. The summed E-state index contributed by atoms with van der Waals surface area (Å²) in [5.41, 5.74) is 3.98. The lowest BCUT2D eigenvalue weighted by atomic mass is 10.0. The smallest absolute Gasteiger partial charge is 0.307 e. The maximum Gasteiger partial charge on any atom is 0.307 e. The number of amides is 1. The molecule has 28 heavy (non-hydrogen) atoms. The van der Waals surface area contributed by atoms with Crippen LogP contribution in [-0.4, -0.2) is 18.7 Å². The molecule has 0 radical (unpaired) electrons. The molecule has 1 heterocycles. The highest BCUT2D eigenvalue weighted by Crippen LogP contribution is 2.27. The number of nitrogens with zero attached hydrogens (tertiary/aromatic N) is 1. The van der Waals surface area contributed by atoms with Gasteiger partial charge in [-0.3, -0.25) is 4.79 Å². The summed E-state index contributed by atoms with van der Waals surface area (Å²) in [6.07, 6.45) is 1.60. The molecule has 0 spiro atoms. The van der Waals surface area contributed by atoms with Gasteiger partial charge in [-0.15, -0.1) is 0 Å². The Hall–Kier alpha value is -3.12. The number of furan rings is 1. The Kier molecular flexibility index (Phi) is 5.12. The van der Waals surface area contributed by atoms with Crippen LogP contribution in [0.25, 0.3) is 21.7 Å². The molecule has 4 aromatic rings. The van der Waals surface area contributed by atoms with E-state index in [-0.39, 0.29) is 5.76 Å². The number of benzene rings is 3. The van der Waals surface area contributed by atoms with Crippen LogP contribution < -0.4 is 10.2 Å². The van der Waals surface area contributed by atoms with Gasteiger partial charge in [-0.1, -0.05) is 46.3 Å². The van der Waals surface area contributed by atoms with Gasteiger partial charge in [-0.05, 0) is 48.0 Å².